The molecule has 0 spiro atoms. The Morgan fingerprint density at radius 2 is 1.67 bits per heavy atom. The summed E-state index contributed by atoms with van der Waals surface area (Å²) in [5.74, 6) is 0.770. The molecule has 1 rings (SSSR count). The standard InChI is InChI=1S/C9H11N3/c1-6-9(4-5-10)7(2)12-8(3)11-6/h4H2,1-3H3. The highest BCUT2D eigenvalue weighted by molar-refractivity contribution is 5.26. The lowest BCUT2D eigenvalue weighted by molar-refractivity contribution is 0.932. The van der Waals surface area contributed by atoms with Crippen LogP contribution in [0.2, 0.25) is 0 Å². The fourth-order valence-electron chi connectivity index (χ4n) is 1.24. The fraction of sp³-hybridized carbons (Fsp3) is 0.444. The van der Waals surface area contributed by atoms with E-state index in [1.165, 1.54) is 0 Å². The van der Waals surface area contributed by atoms with Crippen LogP contribution in [-0.2, 0) is 6.42 Å². The van der Waals surface area contributed by atoms with E-state index < -0.39 is 0 Å². The van der Waals surface area contributed by atoms with Gasteiger partial charge in [-0.3, -0.25) is 0 Å². The second-order valence-corrected chi connectivity index (χ2v) is 2.76. The Labute approximate surface area is 72.1 Å². The quantitative estimate of drug-likeness (QED) is 0.626. The molecule has 0 fully saturated rings. The van der Waals surface area contributed by atoms with Gasteiger partial charge >= 0.3 is 0 Å². The molecule has 12 heavy (non-hydrogen) atoms. The van der Waals surface area contributed by atoms with E-state index in [-0.39, 0.29) is 0 Å². The van der Waals surface area contributed by atoms with Crippen molar-refractivity contribution < 1.29 is 0 Å². The largest absolute Gasteiger partial charge is 0.238 e. The Balaban J connectivity index is 3.21. The molecule has 3 heteroatoms. The monoisotopic (exact) mass is 161 g/mol. The molecule has 0 aromatic carbocycles. The van der Waals surface area contributed by atoms with Gasteiger partial charge in [-0.15, -0.1) is 0 Å². The summed E-state index contributed by atoms with van der Waals surface area (Å²) in [5.41, 5.74) is 2.80. The SMILES string of the molecule is Cc1nc(C)c(CC#N)c(C)n1. The number of rotatable bonds is 1. The van der Waals surface area contributed by atoms with Crippen molar-refractivity contribution in [3.63, 3.8) is 0 Å². The molecule has 0 aliphatic rings. The van der Waals surface area contributed by atoms with E-state index in [1.807, 2.05) is 20.8 Å². The summed E-state index contributed by atoms with van der Waals surface area (Å²) < 4.78 is 0. The van der Waals surface area contributed by atoms with Gasteiger partial charge in [-0.1, -0.05) is 0 Å². The van der Waals surface area contributed by atoms with Gasteiger partial charge in [0, 0.05) is 17.0 Å². The van der Waals surface area contributed by atoms with E-state index in [4.69, 9.17) is 5.26 Å². The van der Waals surface area contributed by atoms with Crippen molar-refractivity contribution >= 4 is 0 Å². The average Bonchev–Trinajstić information content (AvgIpc) is 1.96. The molecular weight excluding hydrogens is 150 g/mol. The first-order valence-electron chi connectivity index (χ1n) is 3.83. The van der Waals surface area contributed by atoms with Crippen LogP contribution >= 0.6 is 0 Å². The van der Waals surface area contributed by atoms with Gasteiger partial charge in [0.25, 0.3) is 0 Å². The topological polar surface area (TPSA) is 49.6 Å². The smallest absolute Gasteiger partial charge is 0.125 e. The van der Waals surface area contributed by atoms with E-state index in [0.29, 0.717) is 6.42 Å². The van der Waals surface area contributed by atoms with Crippen molar-refractivity contribution in [3.05, 3.63) is 22.8 Å². The summed E-state index contributed by atoms with van der Waals surface area (Å²) in [6.45, 7) is 5.68. The van der Waals surface area contributed by atoms with Crippen molar-refractivity contribution in [3.8, 4) is 6.07 Å². The Bertz CT molecular complexity index is 313. The van der Waals surface area contributed by atoms with E-state index in [0.717, 1.165) is 22.8 Å². The van der Waals surface area contributed by atoms with Gasteiger partial charge in [-0.05, 0) is 20.8 Å². The highest BCUT2D eigenvalue weighted by Gasteiger charge is 2.04. The molecule has 0 saturated heterocycles. The first kappa shape index (κ1) is 8.66. The van der Waals surface area contributed by atoms with Crippen LogP contribution in [0.5, 0.6) is 0 Å². The van der Waals surface area contributed by atoms with Gasteiger partial charge in [-0.25, -0.2) is 9.97 Å². The van der Waals surface area contributed by atoms with E-state index in [9.17, 15) is 0 Å². The first-order chi connectivity index (χ1) is 5.65. The Morgan fingerprint density at radius 3 is 2.08 bits per heavy atom. The second kappa shape index (κ2) is 3.31. The number of nitriles is 1. The van der Waals surface area contributed by atoms with Crippen molar-refractivity contribution in [1.82, 2.24) is 9.97 Å². The highest BCUT2D eigenvalue weighted by Crippen LogP contribution is 2.09. The van der Waals surface area contributed by atoms with E-state index in [2.05, 4.69) is 16.0 Å². The number of aryl methyl sites for hydroxylation is 3. The molecular formula is C9H11N3. The van der Waals surface area contributed by atoms with Crippen LogP contribution in [0, 0.1) is 32.1 Å². The molecule has 0 aliphatic carbocycles. The number of hydrogen-bond acceptors (Lipinski definition) is 3. The van der Waals surface area contributed by atoms with Crippen molar-refractivity contribution in [2.45, 2.75) is 27.2 Å². The number of aromatic nitrogens is 2. The lowest BCUT2D eigenvalue weighted by Crippen LogP contribution is -2.01. The van der Waals surface area contributed by atoms with Crippen LogP contribution in [-0.4, -0.2) is 9.97 Å². The molecule has 1 aromatic rings. The van der Waals surface area contributed by atoms with Crippen molar-refractivity contribution in [1.29, 1.82) is 5.26 Å². The summed E-state index contributed by atoms with van der Waals surface area (Å²) in [7, 11) is 0. The maximum Gasteiger partial charge on any atom is 0.125 e. The van der Waals surface area contributed by atoms with Gasteiger partial charge in [0.05, 0.1) is 12.5 Å². The number of nitrogens with zero attached hydrogens (tertiary/aromatic N) is 3. The highest BCUT2D eigenvalue weighted by atomic mass is 14.9. The molecule has 0 unspecified atom stereocenters. The van der Waals surface area contributed by atoms with Gasteiger partial charge in [0.15, 0.2) is 0 Å². The molecule has 1 heterocycles. The number of hydrogen-bond donors (Lipinski definition) is 0. The summed E-state index contributed by atoms with van der Waals surface area (Å²) in [6.07, 6.45) is 0.401. The predicted octanol–water partition coefficient (Wildman–Crippen LogP) is 1.47. The van der Waals surface area contributed by atoms with E-state index >= 15 is 0 Å². The molecule has 3 nitrogen and oxygen atoms in total. The molecule has 0 bridgehead atoms. The fourth-order valence-corrected chi connectivity index (χ4v) is 1.24. The Hall–Kier alpha value is -1.43. The second-order valence-electron chi connectivity index (χ2n) is 2.76. The maximum absolute atomic E-state index is 8.53. The third-order valence-electron chi connectivity index (χ3n) is 1.79. The van der Waals surface area contributed by atoms with Crippen LogP contribution in [0.3, 0.4) is 0 Å². The van der Waals surface area contributed by atoms with Gasteiger partial charge in [-0.2, -0.15) is 5.26 Å². The maximum atomic E-state index is 8.53. The first-order valence-corrected chi connectivity index (χ1v) is 3.83. The minimum Gasteiger partial charge on any atom is -0.238 e. The van der Waals surface area contributed by atoms with Crippen LogP contribution in [0.15, 0.2) is 0 Å². The molecule has 0 radical (unpaired) electrons. The summed E-state index contributed by atoms with van der Waals surface area (Å²) >= 11 is 0. The minimum atomic E-state index is 0.401. The zero-order chi connectivity index (χ0) is 9.14. The van der Waals surface area contributed by atoms with Crippen LogP contribution in [0.4, 0.5) is 0 Å². The van der Waals surface area contributed by atoms with Gasteiger partial charge in [0.2, 0.25) is 0 Å². The lowest BCUT2D eigenvalue weighted by atomic mass is 10.1. The van der Waals surface area contributed by atoms with Crippen molar-refractivity contribution in [2.75, 3.05) is 0 Å². The third kappa shape index (κ3) is 1.59. The van der Waals surface area contributed by atoms with Gasteiger partial charge < -0.3 is 0 Å². The molecule has 1 aromatic heterocycles. The molecule has 0 aliphatic heterocycles. The predicted molar refractivity (Wildman–Crippen MR) is 45.6 cm³/mol. The normalized spacial score (nSPS) is 9.50. The molecule has 0 saturated carbocycles. The Morgan fingerprint density at radius 1 is 1.17 bits per heavy atom. The zero-order valence-corrected chi connectivity index (χ0v) is 7.55. The summed E-state index contributed by atoms with van der Waals surface area (Å²) in [6, 6.07) is 2.11. The summed E-state index contributed by atoms with van der Waals surface area (Å²) in [5, 5.41) is 8.53. The van der Waals surface area contributed by atoms with E-state index in [1.54, 1.807) is 0 Å². The Kier molecular flexibility index (Phi) is 2.39. The summed E-state index contributed by atoms with van der Waals surface area (Å²) in [4.78, 5) is 8.38. The average molecular weight is 161 g/mol. The molecule has 62 valence electrons. The molecule has 0 N–H and O–H groups in total. The van der Waals surface area contributed by atoms with Crippen LogP contribution in [0.25, 0.3) is 0 Å². The third-order valence-corrected chi connectivity index (χ3v) is 1.79. The van der Waals surface area contributed by atoms with Crippen molar-refractivity contribution in [2.24, 2.45) is 0 Å². The minimum absolute atomic E-state index is 0.401. The molecule has 0 amide bonds. The van der Waals surface area contributed by atoms with Crippen LogP contribution in [0.1, 0.15) is 22.8 Å². The molecule has 0 atom stereocenters. The lowest BCUT2D eigenvalue weighted by Gasteiger charge is -2.04. The van der Waals surface area contributed by atoms with Crippen LogP contribution < -0.4 is 0 Å². The van der Waals surface area contributed by atoms with Gasteiger partial charge in [0.1, 0.15) is 5.82 Å². The zero-order valence-electron chi connectivity index (χ0n) is 7.55.